The third-order valence-electron chi connectivity index (χ3n) is 4.42. The van der Waals surface area contributed by atoms with Gasteiger partial charge in [-0.15, -0.1) is 0 Å². The first kappa shape index (κ1) is 24.9. The van der Waals surface area contributed by atoms with Crippen molar-refractivity contribution >= 4 is 23.2 Å². The average molecular weight is 496 g/mol. The van der Waals surface area contributed by atoms with Crippen LogP contribution < -0.4 is 10.1 Å². The van der Waals surface area contributed by atoms with Gasteiger partial charge in [-0.3, -0.25) is 0 Å². The lowest BCUT2D eigenvalue weighted by Crippen LogP contribution is -2.34. The van der Waals surface area contributed by atoms with Crippen LogP contribution in [0.4, 0.5) is 27.8 Å². The number of benzene rings is 1. The Morgan fingerprint density at radius 1 is 1.09 bits per heavy atom. The molecule has 2 aromatic heterocycles. The van der Waals surface area contributed by atoms with Gasteiger partial charge in [-0.25, -0.2) is 8.78 Å². The Morgan fingerprint density at radius 3 is 2.39 bits per heavy atom. The molecule has 1 N–H and O–H groups in total. The fourth-order valence-corrected chi connectivity index (χ4v) is 3.05. The molecule has 3 aromatic rings. The van der Waals surface area contributed by atoms with E-state index >= 15 is 0 Å². The first-order valence-electron chi connectivity index (χ1n) is 9.54. The molecule has 3 rings (SSSR count). The van der Waals surface area contributed by atoms with Crippen molar-refractivity contribution in [3.63, 3.8) is 0 Å². The van der Waals surface area contributed by atoms with Crippen LogP contribution in [0.1, 0.15) is 6.92 Å². The summed E-state index contributed by atoms with van der Waals surface area (Å²) in [6.07, 6.45) is -3.65. The number of nitrogens with zero attached hydrogens (tertiary/aromatic N) is 4. The molecule has 1 unspecified atom stereocenters. The summed E-state index contributed by atoms with van der Waals surface area (Å²) >= 11 is 6.12. The third-order valence-corrected chi connectivity index (χ3v) is 4.69. The second-order valence-corrected chi connectivity index (χ2v) is 7.08. The Hall–Kier alpha value is -2.77. The topological polar surface area (TPSA) is 82.8 Å². The fourth-order valence-electron chi connectivity index (χ4n) is 2.79. The summed E-state index contributed by atoms with van der Waals surface area (Å²) < 4.78 is 85.7. The number of rotatable bonds is 10. The number of hydrogen-bond donors (Lipinski definition) is 1. The minimum atomic E-state index is -4.67. The minimum Gasteiger partial charge on any atom is -0.491 e. The summed E-state index contributed by atoms with van der Waals surface area (Å²) in [4.78, 5) is 7.65. The van der Waals surface area contributed by atoms with Gasteiger partial charge in [0.05, 0.1) is 30.9 Å². The summed E-state index contributed by atoms with van der Waals surface area (Å²) in [5.74, 6) is -2.99. The van der Waals surface area contributed by atoms with E-state index in [-0.39, 0.29) is 24.7 Å². The largest absolute Gasteiger partial charge is 0.491 e. The number of methoxy groups -OCH3 is 1. The van der Waals surface area contributed by atoms with Gasteiger partial charge in [0.15, 0.2) is 0 Å². The molecule has 0 aliphatic heterocycles. The summed E-state index contributed by atoms with van der Waals surface area (Å²) in [5.41, 5.74) is -1.15. The van der Waals surface area contributed by atoms with Crippen LogP contribution in [-0.2, 0) is 9.47 Å². The molecule has 1 atom stereocenters. The van der Waals surface area contributed by atoms with Gasteiger partial charge in [-0.1, -0.05) is 11.6 Å². The van der Waals surface area contributed by atoms with E-state index in [0.29, 0.717) is 13.2 Å². The maximum absolute atomic E-state index is 15.0. The molecular weight excluding hydrogens is 477 g/mol. The van der Waals surface area contributed by atoms with Crippen molar-refractivity contribution in [2.75, 3.05) is 38.9 Å². The average Bonchev–Trinajstić information content (AvgIpc) is 3.19. The molecule has 1 aromatic carbocycles. The molecule has 180 valence electrons. The van der Waals surface area contributed by atoms with Crippen LogP contribution in [0, 0.1) is 11.6 Å². The van der Waals surface area contributed by atoms with Crippen molar-refractivity contribution in [3.8, 4) is 16.9 Å². The number of halogens is 6. The number of anilines is 1. The molecule has 0 aliphatic rings. The summed E-state index contributed by atoms with van der Waals surface area (Å²) in [6, 6.07) is -0.340. The molecule has 0 saturated carbocycles. The van der Waals surface area contributed by atoms with E-state index in [0.717, 1.165) is 29.9 Å². The summed E-state index contributed by atoms with van der Waals surface area (Å²) in [6.45, 7) is 1.69. The van der Waals surface area contributed by atoms with Gasteiger partial charge < -0.3 is 19.5 Å². The molecule has 0 aliphatic carbocycles. The molecule has 8 nitrogen and oxygen atoms in total. The highest BCUT2D eigenvalue weighted by Gasteiger charge is 2.37. The number of hydrogen-bond acceptors (Lipinski definition) is 7. The lowest BCUT2D eigenvalue weighted by Gasteiger charge is -2.21. The highest BCUT2D eigenvalue weighted by molar-refractivity contribution is 6.33. The quantitative estimate of drug-likeness (QED) is 0.257. The third kappa shape index (κ3) is 5.78. The maximum Gasteiger partial charge on any atom is 0.408 e. The SMILES string of the molecule is COCCOCCOc1cc(F)c(-c2c(Cl)nc3ncnn3c2NC(C)C(F)(F)F)c(F)c1. The second-order valence-electron chi connectivity index (χ2n) is 6.72. The predicted molar refractivity (Wildman–Crippen MR) is 108 cm³/mol. The fraction of sp³-hybridized carbons (Fsp3) is 0.421. The smallest absolute Gasteiger partial charge is 0.408 e. The van der Waals surface area contributed by atoms with E-state index in [9.17, 15) is 22.0 Å². The van der Waals surface area contributed by atoms with Crippen molar-refractivity contribution in [1.82, 2.24) is 19.6 Å². The molecule has 0 bridgehead atoms. The van der Waals surface area contributed by atoms with Gasteiger partial charge in [-0.2, -0.15) is 32.8 Å². The maximum atomic E-state index is 15.0. The second kappa shape index (κ2) is 10.4. The zero-order chi connectivity index (χ0) is 24.2. The summed E-state index contributed by atoms with van der Waals surface area (Å²) in [5, 5.41) is 5.49. The lowest BCUT2D eigenvalue weighted by atomic mass is 10.1. The van der Waals surface area contributed by atoms with Crippen LogP contribution in [0.3, 0.4) is 0 Å². The van der Waals surface area contributed by atoms with Crippen molar-refractivity contribution < 1.29 is 36.2 Å². The predicted octanol–water partition coefficient (Wildman–Crippen LogP) is 4.13. The van der Waals surface area contributed by atoms with Crippen LogP contribution >= 0.6 is 11.6 Å². The Labute approximate surface area is 189 Å². The number of nitrogens with one attached hydrogen (secondary N) is 1. The van der Waals surface area contributed by atoms with Crippen LogP contribution in [-0.4, -0.2) is 65.3 Å². The zero-order valence-corrected chi connectivity index (χ0v) is 18.2. The standard InChI is InChI=1S/C19H19ClF5N5O3/c1-10(19(23,24)25)28-17-15(16(20)29-18-26-9-27-30(17)18)14-12(21)7-11(8-13(14)22)33-6-5-32-4-3-31-2/h7-10,28H,3-6H2,1-2H3. The Kier molecular flexibility index (Phi) is 7.87. The van der Waals surface area contributed by atoms with Crippen LogP contribution in [0.15, 0.2) is 18.5 Å². The normalized spacial score (nSPS) is 12.8. The van der Waals surface area contributed by atoms with Crippen molar-refractivity contribution in [2.24, 2.45) is 0 Å². The molecule has 0 saturated heterocycles. The highest BCUT2D eigenvalue weighted by Crippen LogP contribution is 2.39. The number of ether oxygens (including phenoxy) is 3. The van der Waals surface area contributed by atoms with Gasteiger partial charge in [0.25, 0.3) is 5.78 Å². The van der Waals surface area contributed by atoms with Crippen LogP contribution in [0.5, 0.6) is 5.75 Å². The van der Waals surface area contributed by atoms with Crippen LogP contribution in [0.25, 0.3) is 16.9 Å². The van der Waals surface area contributed by atoms with Crippen LogP contribution in [0.2, 0.25) is 5.15 Å². The Bertz CT molecular complexity index is 1090. The van der Waals surface area contributed by atoms with Gasteiger partial charge in [-0.05, 0) is 6.92 Å². The molecule has 0 fully saturated rings. The molecule has 2 heterocycles. The number of aromatic nitrogens is 4. The number of fused-ring (bicyclic) bond motifs is 1. The molecule has 33 heavy (non-hydrogen) atoms. The summed E-state index contributed by atoms with van der Waals surface area (Å²) in [7, 11) is 1.51. The number of alkyl halides is 3. The zero-order valence-electron chi connectivity index (χ0n) is 17.4. The van der Waals surface area contributed by atoms with E-state index in [1.807, 2.05) is 0 Å². The lowest BCUT2D eigenvalue weighted by molar-refractivity contribution is -0.138. The van der Waals surface area contributed by atoms with Crippen molar-refractivity contribution in [2.45, 2.75) is 19.1 Å². The van der Waals surface area contributed by atoms with Crippen molar-refractivity contribution in [3.05, 3.63) is 35.2 Å². The molecule has 0 radical (unpaired) electrons. The first-order chi connectivity index (χ1) is 15.6. The van der Waals surface area contributed by atoms with E-state index in [2.05, 4.69) is 20.4 Å². The van der Waals surface area contributed by atoms with Gasteiger partial charge in [0.1, 0.15) is 47.3 Å². The van der Waals surface area contributed by atoms with E-state index < -0.39 is 46.0 Å². The first-order valence-corrected chi connectivity index (χ1v) is 9.92. The molecule has 0 amide bonds. The van der Waals surface area contributed by atoms with Gasteiger partial charge in [0, 0.05) is 19.2 Å². The van der Waals surface area contributed by atoms with E-state index in [4.69, 9.17) is 25.8 Å². The Balaban J connectivity index is 1.97. The highest BCUT2D eigenvalue weighted by atomic mass is 35.5. The van der Waals surface area contributed by atoms with E-state index in [1.165, 1.54) is 7.11 Å². The van der Waals surface area contributed by atoms with Gasteiger partial charge in [0.2, 0.25) is 0 Å². The Morgan fingerprint density at radius 2 is 1.76 bits per heavy atom. The van der Waals surface area contributed by atoms with Gasteiger partial charge >= 0.3 is 6.18 Å². The minimum absolute atomic E-state index is 0.00503. The van der Waals surface area contributed by atoms with Crippen molar-refractivity contribution in [1.29, 1.82) is 0 Å². The van der Waals surface area contributed by atoms with E-state index in [1.54, 1.807) is 0 Å². The molecule has 14 heteroatoms. The molecule has 0 spiro atoms. The molecular formula is C19H19ClF5N5O3. The monoisotopic (exact) mass is 495 g/mol.